The van der Waals surface area contributed by atoms with Crippen molar-refractivity contribution in [2.24, 2.45) is 0 Å². The molecule has 6 heteroatoms. The van der Waals surface area contributed by atoms with Crippen molar-refractivity contribution in [2.75, 3.05) is 13.4 Å². The predicted octanol–water partition coefficient (Wildman–Crippen LogP) is 2.21. The lowest BCUT2D eigenvalue weighted by Crippen LogP contribution is -2.45. The van der Waals surface area contributed by atoms with Crippen molar-refractivity contribution < 1.29 is 14.3 Å². The lowest BCUT2D eigenvalue weighted by atomic mass is 9.96. The van der Waals surface area contributed by atoms with Crippen molar-refractivity contribution in [2.45, 2.75) is 17.9 Å². The molecule has 1 heterocycles. The molecule has 0 unspecified atom stereocenters. The van der Waals surface area contributed by atoms with Gasteiger partial charge in [0, 0.05) is 10.6 Å². The first-order chi connectivity index (χ1) is 9.56. The van der Waals surface area contributed by atoms with E-state index < -0.39 is 12.0 Å². The first-order valence-electron chi connectivity index (χ1n) is 6.07. The highest BCUT2D eigenvalue weighted by atomic mass is 32.2. The topological polar surface area (TPSA) is 67.4 Å². The quantitative estimate of drug-likeness (QED) is 0.662. The van der Waals surface area contributed by atoms with Crippen molar-refractivity contribution >= 4 is 23.8 Å². The molecule has 2 N–H and O–H groups in total. The summed E-state index contributed by atoms with van der Waals surface area (Å²) in [5.74, 6) is -0.450. The Morgan fingerprint density at radius 3 is 2.50 bits per heavy atom. The van der Waals surface area contributed by atoms with E-state index in [1.165, 1.54) is 7.11 Å². The van der Waals surface area contributed by atoms with Crippen LogP contribution < -0.4 is 10.6 Å². The second kappa shape index (κ2) is 6.00. The molecule has 0 bridgehead atoms. The summed E-state index contributed by atoms with van der Waals surface area (Å²) in [7, 11) is 1.33. The maximum absolute atomic E-state index is 11.9. The third-order valence-corrected chi connectivity index (χ3v) is 3.87. The van der Waals surface area contributed by atoms with E-state index in [0.29, 0.717) is 11.3 Å². The smallest absolute Gasteiger partial charge is 0.337 e. The van der Waals surface area contributed by atoms with Gasteiger partial charge < -0.3 is 15.4 Å². The predicted molar refractivity (Wildman–Crippen MR) is 77.3 cm³/mol. The second-order valence-electron chi connectivity index (χ2n) is 4.33. The number of nitrogens with one attached hydrogen (secondary N) is 2. The normalized spacial score (nSPS) is 18.4. The number of carbonyl (C=O) groups is 2. The Morgan fingerprint density at radius 1 is 1.30 bits per heavy atom. The van der Waals surface area contributed by atoms with Crippen LogP contribution >= 0.6 is 11.8 Å². The Bertz CT molecular complexity index is 566. The summed E-state index contributed by atoms with van der Waals surface area (Å²) in [6.07, 6.45) is 1.99. The summed E-state index contributed by atoms with van der Waals surface area (Å²) in [5.41, 5.74) is 1.78. The Hall–Kier alpha value is -1.95. The summed E-state index contributed by atoms with van der Waals surface area (Å²) in [4.78, 5) is 24.7. The van der Waals surface area contributed by atoms with Crippen LogP contribution in [0.2, 0.25) is 0 Å². The van der Waals surface area contributed by atoms with Crippen LogP contribution in [0.5, 0.6) is 0 Å². The number of hydrogen-bond donors (Lipinski definition) is 2. The van der Waals surface area contributed by atoms with Crippen LogP contribution in [0.25, 0.3) is 0 Å². The first kappa shape index (κ1) is 14.5. The van der Waals surface area contributed by atoms with Crippen LogP contribution in [0.4, 0.5) is 4.79 Å². The fourth-order valence-electron chi connectivity index (χ4n) is 2.12. The largest absolute Gasteiger partial charge is 0.466 e. The third kappa shape index (κ3) is 2.80. The highest BCUT2D eigenvalue weighted by molar-refractivity contribution is 7.98. The van der Waals surface area contributed by atoms with Crippen molar-refractivity contribution in [3.05, 3.63) is 41.1 Å². The van der Waals surface area contributed by atoms with Crippen LogP contribution in [0.3, 0.4) is 0 Å². The fraction of sp³-hybridized carbons (Fsp3) is 0.286. The minimum Gasteiger partial charge on any atom is -0.466 e. The molecule has 0 aliphatic carbocycles. The molecular weight excluding hydrogens is 276 g/mol. The number of methoxy groups -OCH3 is 1. The molecule has 1 atom stereocenters. The molecule has 1 aliphatic rings. The number of benzene rings is 1. The van der Waals surface area contributed by atoms with E-state index in [-0.39, 0.29) is 6.03 Å². The number of amides is 2. The number of allylic oxidation sites excluding steroid dienone is 1. The molecule has 106 valence electrons. The number of hydrogen-bond acceptors (Lipinski definition) is 4. The van der Waals surface area contributed by atoms with Gasteiger partial charge in [-0.05, 0) is 30.9 Å². The highest BCUT2D eigenvalue weighted by Gasteiger charge is 2.31. The minimum atomic E-state index is -0.493. The molecule has 1 aliphatic heterocycles. The third-order valence-electron chi connectivity index (χ3n) is 3.12. The van der Waals surface area contributed by atoms with Crippen LogP contribution in [0.1, 0.15) is 18.5 Å². The van der Waals surface area contributed by atoms with Crippen LogP contribution in [0, 0.1) is 0 Å². The van der Waals surface area contributed by atoms with Crippen molar-refractivity contribution in [3.63, 3.8) is 0 Å². The van der Waals surface area contributed by atoms with E-state index in [1.54, 1.807) is 18.7 Å². The molecule has 0 saturated carbocycles. The van der Waals surface area contributed by atoms with Gasteiger partial charge in [0.1, 0.15) is 0 Å². The van der Waals surface area contributed by atoms with Gasteiger partial charge in [0.2, 0.25) is 0 Å². The number of carbonyl (C=O) groups excluding carboxylic acids is 2. The van der Waals surface area contributed by atoms with Crippen molar-refractivity contribution in [1.29, 1.82) is 0 Å². The van der Waals surface area contributed by atoms with Gasteiger partial charge in [0.05, 0.1) is 18.7 Å². The van der Waals surface area contributed by atoms with E-state index in [1.807, 2.05) is 30.5 Å². The Kier molecular flexibility index (Phi) is 4.34. The standard InChI is InChI=1S/C14H16N2O3S/c1-8-11(13(17)19-2)12(16-14(18)15-8)9-4-6-10(20-3)7-5-9/h4-7,12H,1-3H3,(H2,15,16,18)/t12-/m0/s1. The minimum absolute atomic E-state index is 0.325. The zero-order valence-electron chi connectivity index (χ0n) is 11.5. The van der Waals surface area contributed by atoms with E-state index in [9.17, 15) is 9.59 Å². The van der Waals surface area contributed by atoms with E-state index in [2.05, 4.69) is 10.6 Å². The van der Waals surface area contributed by atoms with Gasteiger partial charge in [0.25, 0.3) is 0 Å². The molecule has 1 aromatic rings. The highest BCUT2D eigenvalue weighted by Crippen LogP contribution is 2.28. The second-order valence-corrected chi connectivity index (χ2v) is 5.21. The number of thioether (sulfide) groups is 1. The molecule has 0 radical (unpaired) electrons. The summed E-state index contributed by atoms with van der Waals surface area (Å²) < 4.78 is 4.80. The monoisotopic (exact) mass is 292 g/mol. The molecule has 5 nitrogen and oxygen atoms in total. The first-order valence-corrected chi connectivity index (χ1v) is 7.30. The fourth-order valence-corrected chi connectivity index (χ4v) is 2.53. The average Bonchev–Trinajstić information content (AvgIpc) is 2.46. The van der Waals surface area contributed by atoms with Crippen molar-refractivity contribution in [1.82, 2.24) is 10.6 Å². The molecule has 2 rings (SSSR count). The van der Waals surface area contributed by atoms with Gasteiger partial charge in [0.15, 0.2) is 0 Å². The van der Waals surface area contributed by atoms with Crippen molar-refractivity contribution in [3.8, 4) is 0 Å². The Labute approximate surface area is 121 Å². The maximum Gasteiger partial charge on any atom is 0.337 e. The maximum atomic E-state index is 11.9. The van der Waals surface area contributed by atoms with Gasteiger partial charge in [-0.3, -0.25) is 0 Å². The molecule has 2 amide bonds. The van der Waals surface area contributed by atoms with Crippen LogP contribution in [0.15, 0.2) is 40.4 Å². The lowest BCUT2D eigenvalue weighted by molar-refractivity contribution is -0.136. The molecule has 1 aromatic carbocycles. The van der Waals surface area contributed by atoms with E-state index in [0.717, 1.165) is 10.5 Å². The van der Waals surface area contributed by atoms with Crippen LogP contribution in [-0.2, 0) is 9.53 Å². The zero-order chi connectivity index (χ0) is 14.7. The van der Waals surface area contributed by atoms with Gasteiger partial charge in [-0.1, -0.05) is 12.1 Å². The number of rotatable bonds is 3. The molecule has 0 saturated heterocycles. The SMILES string of the molecule is COC(=O)C1=C(C)NC(=O)N[C@H]1c1ccc(SC)cc1. The molecule has 0 spiro atoms. The Morgan fingerprint density at radius 2 is 1.95 bits per heavy atom. The number of urea groups is 1. The van der Waals surface area contributed by atoms with E-state index >= 15 is 0 Å². The summed E-state index contributed by atoms with van der Waals surface area (Å²) in [6.45, 7) is 1.69. The van der Waals surface area contributed by atoms with Gasteiger partial charge >= 0.3 is 12.0 Å². The molecule has 0 fully saturated rings. The molecule has 0 aromatic heterocycles. The van der Waals surface area contributed by atoms with E-state index in [4.69, 9.17) is 4.74 Å². The number of ether oxygens (including phenoxy) is 1. The van der Waals surface area contributed by atoms with Gasteiger partial charge in [-0.25, -0.2) is 9.59 Å². The zero-order valence-corrected chi connectivity index (χ0v) is 12.3. The summed E-state index contributed by atoms with van der Waals surface area (Å²) >= 11 is 1.63. The molecular formula is C14H16N2O3S. The Balaban J connectivity index is 2.42. The summed E-state index contributed by atoms with van der Waals surface area (Å²) in [6, 6.07) is 6.90. The summed E-state index contributed by atoms with van der Waals surface area (Å²) in [5, 5.41) is 5.34. The lowest BCUT2D eigenvalue weighted by Gasteiger charge is -2.27. The van der Waals surface area contributed by atoms with Gasteiger partial charge in [-0.15, -0.1) is 11.8 Å². The average molecular weight is 292 g/mol. The van der Waals surface area contributed by atoms with Gasteiger partial charge in [-0.2, -0.15) is 0 Å². The molecule has 20 heavy (non-hydrogen) atoms. The van der Waals surface area contributed by atoms with Crippen LogP contribution in [-0.4, -0.2) is 25.4 Å². The number of esters is 1.